The number of amides is 1. The molecule has 0 aliphatic rings. The van der Waals surface area contributed by atoms with Crippen molar-refractivity contribution < 1.29 is 27.1 Å². The molecule has 0 atom stereocenters. The molecule has 6 nitrogen and oxygen atoms in total. The molecule has 0 radical (unpaired) electrons. The Balaban J connectivity index is 1.80. The summed E-state index contributed by atoms with van der Waals surface area (Å²) in [5.41, 5.74) is 0.906. The minimum absolute atomic E-state index is 0.0512. The summed E-state index contributed by atoms with van der Waals surface area (Å²) in [6.07, 6.45) is -3.14. The average Bonchev–Trinajstić information content (AvgIpc) is 3.23. The molecule has 0 aliphatic carbocycles. The third-order valence-corrected chi connectivity index (χ3v) is 4.86. The van der Waals surface area contributed by atoms with Gasteiger partial charge in [0.15, 0.2) is 5.69 Å². The minimum Gasteiger partial charge on any atom is -0.494 e. The zero-order valence-corrected chi connectivity index (χ0v) is 19.4. The van der Waals surface area contributed by atoms with E-state index < -0.39 is 11.7 Å². The van der Waals surface area contributed by atoms with Crippen LogP contribution in [0.1, 0.15) is 53.8 Å². The highest BCUT2D eigenvalue weighted by atomic mass is 19.4. The molecule has 1 amide bonds. The molecule has 0 aliphatic heterocycles. The van der Waals surface area contributed by atoms with Crippen LogP contribution in [0.15, 0.2) is 59.2 Å². The number of rotatable bonds is 10. The van der Waals surface area contributed by atoms with Crippen molar-refractivity contribution in [3.63, 3.8) is 0 Å². The molecule has 2 aromatic carbocycles. The van der Waals surface area contributed by atoms with Crippen LogP contribution >= 0.6 is 0 Å². The van der Waals surface area contributed by atoms with Crippen molar-refractivity contribution >= 4 is 5.91 Å². The van der Waals surface area contributed by atoms with Gasteiger partial charge in [0.2, 0.25) is 5.89 Å². The lowest BCUT2D eigenvalue weighted by molar-refractivity contribution is -0.137. The van der Waals surface area contributed by atoms with Gasteiger partial charge < -0.3 is 14.5 Å². The summed E-state index contributed by atoms with van der Waals surface area (Å²) in [6, 6.07) is 12.7. The van der Waals surface area contributed by atoms with E-state index in [4.69, 9.17) is 9.15 Å². The summed E-state index contributed by atoms with van der Waals surface area (Å²) < 4.78 is 50.5. The third-order valence-electron chi connectivity index (χ3n) is 4.86. The standard InChI is InChI=1S/C25H28F3N3O3/c1-4-33-21-10-8-18(9-11-21)13-31(14-19-6-5-7-20(12-19)25(26,27)28)15-23-30-22(16-34-23)24(32)29-17(2)3/h5-12,16-17H,4,13-15H2,1-3H3,(H,29,32). The van der Waals surface area contributed by atoms with Crippen molar-refractivity contribution in [1.82, 2.24) is 15.2 Å². The highest BCUT2D eigenvalue weighted by Crippen LogP contribution is 2.30. The zero-order chi connectivity index (χ0) is 24.7. The molecule has 0 spiro atoms. The monoisotopic (exact) mass is 475 g/mol. The predicted octanol–water partition coefficient (Wildman–Crippen LogP) is 5.43. The van der Waals surface area contributed by atoms with Gasteiger partial charge in [0.1, 0.15) is 12.0 Å². The van der Waals surface area contributed by atoms with E-state index in [-0.39, 0.29) is 30.7 Å². The van der Waals surface area contributed by atoms with E-state index in [9.17, 15) is 18.0 Å². The second-order valence-corrected chi connectivity index (χ2v) is 8.17. The molecule has 1 heterocycles. The molecule has 1 aromatic heterocycles. The Morgan fingerprint density at radius 3 is 2.44 bits per heavy atom. The van der Waals surface area contributed by atoms with Crippen LogP contribution in [-0.2, 0) is 25.8 Å². The number of benzene rings is 2. The number of alkyl halides is 3. The Morgan fingerprint density at radius 1 is 1.09 bits per heavy atom. The maximum Gasteiger partial charge on any atom is 0.416 e. The SMILES string of the molecule is CCOc1ccc(CN(Cc2cccc(C(F)(F)F)c2)Cc2nc(C(=O)NC(C)C)co2)cc1. The number of carbonyl (C=O) groups is 1. The van der Waals surface area contributed by atoms with Crippen LogP contribution in [0.3, 0.4) is 0 Å². The largest absolute Gasteiger partial charge is 0.494 e. The molecule has 0 fully saturated rings. The number of ether oxygens (including phenoxy) is 1. The molecular formula is C25H28F3N3O3. The van der Waals surface area contributed by atoms with Crippen LogP contribution in [0, 0.1) is 0 Å². The number of nitrogens with one attached hydrogen (secondary N) is 1. The molecule has 0 bridgehead atoms. The lowest BCUT2D eigenvalue weighted by Crippen LogP contribution is -2.30. The second-order valence-electron chi connectivity index (χ2n) is 8.17. The lowest BCUT2D eigenvalue weighted by atomic mass is 10.1. The van der Waals surface area contributed by atoms with E-state index in [1.807, 2.05) is 49.9 Å². The molecule has 0 unspecified atom stereocenters. The summed E-state index contributed by atoms with van der Waals surface area (Å²) in [5.74, 6) is 0.692. The first-order valence-corrected chi connectivity index (χ1v) is 11.0. The van der Waals surface area contributed by atoms with Gasteiger partial charge in [0.05, 0.1) is 18.7 Å². The van der Waals surface area contributed by atoms with Gasteiger partial charge >= 0.3 is 6.18 Å². The van der Waals surface area contributed by atoms with Crippen LogP contribution in [0.4, 0.5) is 13.2 Å². The number of aromatic nitrogens is 1. The zero-order valence-electron chi connectivity index (χ0n) is 19.4. The van der Waals surface area contributed by atoms with Crippen molar-refractivity contribution in [3.05, 3.63) is 83.1 Å². The van der Waals surface area contributed by atoms with E-state index >= 15 is 0 Å². The first-order valence-electron chi connectivity index (χ1n) is 11.0. The molecule has 0 saturated carbocycles. The van der Waals surface area contributed by atoms with Crippen molar-refractivity contribution in [1.29, 1.82) is 0 Å². The number of oxazole rings is 1. The molecule has 0 saturated heterocycles. The number of hydrogen-bond acceptors (Lipinski definition) is 5. The van der Waals surface area contributed by atoms with Crippen molar-refractivity contribution in [3.8, 4) is 5.75 Å². The van der Waals surface area contributed by atoms with Crippen LogP contribution in [-0.4, -0.2) is 28.4 Å². The highest BCUT2D eigenvalue weighted by Gasteiger charge is 2.30. The Hall–Kier alpha value is -3.33. The van der Waals surface area contributed by atoms with Crippen LogP contribution in [0.2, 0.25) is 0 Å². The third kappa shape index (κ3) is 7.34. The van der Waals surface area contributed by atoms with Crippen molar-refractivity contribution in [2.24, 2.45) is 0 Å². The quantitative estimate of drug-likeness (QED) is 0.423. The van der Waals surface area contributed by atoms with Gasteiger partial charge in [-0.05, 0) is 50.1 Å². The molecule has 3 rings (SSSR count). The predicted molar refractivity (Wildman–Crippen MR) is 121 cm³/mol. The van der Waals surface area contributed by atoms with Gasteiger partial charge in [0, 0.05) is 19.1 Å². The van der Waals surface area contributed by atoms with Gasteiger partial charge in [-0.25, -0.2) is 4.98 Å². The summed E-state index contributed by atoms with van der Waals surface area (Å²) in [4.78, 5) is 18.4. The molecule has 9 heteroatoms. The first kappa shape index (κ1) is 25.3. The Morgan fingerprint density at radius 2 is 1.79 bits per heavy atom. The summed E-state index contributed by atoms with van der Waals surface area (Å²) >= 11 is 0. The number of nitrogens with zero attached hydrogens (tertiary/aromatic N) is 2. The number of hydrogen-bond donors (Lipinski definition) is 1. The lowest BCUT2D eigenvalue weighted by Gasteiger charge is -2.22. The molecule has 3 aromatic rings. The maximum absolute atomic E-state index is 13.2. The van der Waals surface area contributed by atoms with Crippen LogP contribution in [0.5, 0.6) is 5.75 Å². The van der Waals surface area contributed by atoms with Crippen molar-refractivity contribution in [2.75, 3.05) is 6.61 Å². The first-order chi connectivity index (χ1) is 16.1. The van der Waals surface area contributed by atoms with Gasteiger partial charge in [-0.3, -0.25) is 9.69 Å². The Kier molecular flexibility index (Phi) is 8.33. The fourth-order valence-electron chi connectivity index (χ4n) is 3.40. The van der Waals surface area contributed by atoms with E-state index in [2.05, 4.69) is 10.3 Å². The van der Waals surface area contributed by atoms with E-state index in [0.717, 1.165) is 23.4 Å². The number of halogens is 3. The van der Waals surface area contributed by atoms with Gasteiger partial charge in [-0.15, -0.1) is 0 Å². The molecule has 182 valence electrons. The fourth-order valence-corrected chi connectivity index (χ4v) is 3.40. The maximum atomic E-state index is 13.2. The molecular weight excluding hydrogens is 447 g/mol. The van der Waals surface area contributed by atoms with Gasteiger partial charge in [-0.2, -0.15) is 13.2 Å². The molecule has 1 N–H and O–H groups in total. The normalized spacial score (nSPS) is 11.8. The van der Waals surface area contributed by atoms with Crippen LogP contribution < -0.4 is 10.1 Å². The van der Waals surface area contributed by atoms with Crippen LogP contribution in [0.25, 0.3) is 0 Å². The van der Waals surface area contributed by atoms with Gasteiger partial charge in [0.25, 0.3) is 5.91 Å². The molecule has 34 heavy (non-hydrogen) atoms. The van der Waals surface area contributed by atoms with Crippen molar-refractivity contribution in [2.45, 2.75) is 52.6 Å². The summed E-state index contributed by atoms with van der Waals surface area (Å²) in [5, 5.41) is 2.75. The van der Waals surface area contributed by atoms with E-state index in [0.29, 0.717) is 24.6 Å². The van der Waals surface area contributed by atoms with E-state index in [1.54, 1.807) is 6.07 Å². The minimum atomic E-state index is -4.42. The van der Waals surface area contributed by atoms with Gasteiger partial charge in [-0.1, -0.05) is 30.3 Å². The number of carbonyl (C=O) groups excluding carboxylic acids is 1. The topological polar surface area (TPSA) is 67.6 Å². The summed E-state index contributed by atoms with van der Waals surface area (Å²) in [7, 11) is 0. The fraction of sp³-hybridized carbons (Fsp3) is 0.360. The smallest absolute Gasteiger partial charge is 0.416 e. The summed E-state index contributed by atoms with van der Waals surface area (Å²) in [6.45, 7) is 7.00. The Labute approximate surface area is 196 Å². The van der Waals surface area contributed by atoms with E-state index in [1.165, 1.54) is 12.3 Å². The second kappa shape index (κ2) is 11.2. The highest BCUT2D eigenvalue weighted by molar-refractivity contribution is 5.92. The average molecular weight is 476 g/mol. The Bertz CT molecular complexity index is 1080.